The molecule has 26 heavy (non-hydrogen) atoms. The zero-order valence-electron chi connectivity index (χ0n) is 13.8. The molecule has 1 heterocycles. The molecule has 1 amide bonds. The van der Waals surface area contributed by atoms with Gasteiger partial charge in [0, 0.05) is 11.6 Å². The summed E-state index contributed by atoms with van der Waals surface area (Å²) in [5.74, 6) is -1.01. The van der Waals surface area contributed by atoms with Crippen LogP contribution in [0, 0.1) is 5.82 Å². The molecule has 0 saturated carbocycles. The molecule has 136 valence electrons. The van der Waals surface area contributed by atoms with Gasteiger partial charge >= 0.3 is 5.97 Å². The van der Waals surface area contributed by atoms with E-state index in [1.54, 1.807) is 18.2 Å². The minimum Gasteiger partial charge on any atom is -0.454 e. The van der Waals surface area contributed by atoms with Gasteiger partial charge in [0.05, 0.1) is 5.56 Å². The van der Waals surface area contributed by atoms with E-state index < -0.39 is 23.8 Å². The lowest BCUT2D eigenvalue weighted by Crippen LogP contribution is -2.35. The third-order valence-corrected chi connectivity index (χ3v) is 3.94. The van der Waals surface area contributed by atoms with E-state index in [9.17, 15) is 14.0 Å². The van der Waals surface area contributed by atoms with Crippen molar-refractivity contribution < 1.29 is 28.2 Å². The largest absolute Gasteiger partial charge is 0.454 e. The van der Waals surface area contributed by atoms with Crippen molar-refractivity contribution in [3.63, 3.8) is 0 Å². The van der Waals surface area contributed by atoms with Crippen LogP contribution in [0.25, 0.3) is 0 Å². The van der Waals surface area contributed by atoms with Gasteiger partial charge in [-0.3, -0.25) is 4.79 Å². The van der Waals surface area contributed by atoms with Crippen molar-refractivity contribution in [3.8, 4) is 11.5 Å². The highest BCUT2D eigenvalue weighted by atomic mass is 35.5. The van der Waals surface area contributed by atoms with Gasteiger partial charge in [0.15, 0.2) is 17.6 Å². The number of halogens is 2. The molecule has 0 fully saturated rings. The second-order valence-electron chi connectivity index (χ2n) is 5.58. The van der Waals surface area contributed by atoms with Crippen molar-refractivity contribution in [3.05, 3.63) is 58.4 Å². The minimum absolute atomic E-state index is 0.161. The van der Waals surface area contributed by atoms with Gasteiger partial charge in [-0.15, -0.1) is 0 Å². The van der Waals surface area contributed by atoms with Gasteiger partial charge in [-0.1, -0.05) is 17.7 Å². The maximum atomic E-state index is 13.7. The molecule has 0 aromatic heterocycles. The molecule has 0 saturated heterocycles. The third-order valence-electron chi connectivity index (χ3n) is 3.71. The highest BCUT2D eigenvalue weighted by Crippen LogP contribution is 2.32. The summed E-state index contributed by atoms with van der Waals surface area (Å²) in [5, 5.41) is 2.80. The molecule has 1 atom stereocenters. The zero-order chi connectivity index (χ0) is 18.7. The molecule has 0 spiro atoms. The second kappa shape index (κ2) is 7.61. The number of nitrogens with one attached hydrogen (secondary N) is 1. The lowest BCUT2D eigenvalue weighted by Gasteiger charge is -2.14. The van der Waals surface area contributed by atoms with Gasteiger partial charge in [0.2, 0.25) is 6.79 Å². The Morgan fingerprint density at radius 1 is 1.23 bits per heavy atom. The van der Waals surface area contributed by atoms with E-state index in [4.69, 9.17) is 25.8 Å². The van der Waals surface area contributed by atoms with Gasteiger partial charge < -0.3 is 19.5 Å². The SMILES string of the molecule is C[C@@H](OC(=O)c1ccc(Cl)cc1F)C(=O)NCc1ccc2c(c1)OCO2. The van der Waals surface area contributed by atoms with Crippen LogP contribution in [0.1, 0.15) is 22.8 Å². The molecule has 3 rings (SSSR count). The Morgan fingerprint density at radius 2 is 2.00 bits per heavy atom. The summed E-state index contributed by atoms with van der Waals surface area (Å²) >= 11 is 5.64. The lowest BCUT2D eigenvalue weighted by atomic mass is 10.2. The molecule has 0 unspecified atom stereocenters. The maximum absolute atomic E-state index is 13.7. The lowest BCUT2D eigenvalue weighted by molar-refractivity contribution is -0.129. The number of hydrogen-bond acceptors (Lipinski definition) is 5. The monoisotopic (exact) mass is 379 g/mol. The Labute approximate surface area is 153 Å². The van der Waals surface area contributed by atoms with E-state index in [1.165, 1.54) is 19.1 Å². The Balaban J connectivity index is 1.55. The summed E-state index contributed by atoms with van der Waals surface area (Å²) < 4.78 is 29.2. The maximum Gasteiger partial charge on any atom is 0.341 e. The second-order valence-corrected chi connectivity index (χ2v) is 6.01. The van der Waals surface area contributed by atoms with Crippen LogP contribution in [-0.4, -0.2) is 24.8 Å². The fourth-order valence-corrected chi connectivity index (χ4v) is 2.48. The van der Waals surface area contributed by atoms with E-state index in [-0.39, 0.29) is 23.9 Å². The molecule has 2 aromatic carbocycles. The first-order valence-electron chi connectivity index (χ1n) is 7.76. The molecule has 6 nitrogen and oxygen atoms in total. The third kappa shape index (κ3) is 4.05. The number of benzene rings is 2. The molecule has 1 aliphatic rings. The quantitative estimate of drug-likeness (QED) is 0.808. The number of esters is 1. The molecule has 2 aromatic rings. The zero-order valence-corrected chi connectivity index (χ0v) is 14.5. The predicted octanol–water partition coefficient (Wildman–Crippen LogP) is 3.07. The standard InChI is InChI=1S/C18H15ClFNO5/c1-10(26-18(23)13-4-3-12(19)7-14(13)20)17(22)21-8-11-2-5-15-16(6-11)25-9-24-15/h2-7,10H,8-9H2,1H3,(H,21,22)/t10-/m1/s1. The van der Waals surface area contributed by atoms with Crippen LogP contribution in [0.5, 0.6) is 11.5 Å². The number of carbonyl (C=O) groups excluding carboxylic acids is 2. The van der Waals surface area contributed by atoms with E-state index >= 15 is 0 Å². The molecule has 0 radical (unpaired) electrons. The van der Waals surface area contributed by atoms with Crippen LogP contribution in [-0.2, 0) is 16.1 Å². The first kappa shape index (κ1) is 18.0. The van der Waals surface area contributed by atoms with E-state index in [0.29, 0.717) is 11.5 Å². The molecular formula is C18H15ClFNO5. The Hall–Kier alpha value is -2.80. The van der Waals surface area contributed by atoms with Crippen molar-refractivity contribution in [1.82, 2.24) is 5.32 Å². The summed E-state index contributed by atoms with van der Waals surface area (Å²) in [6.45, 7) is 1.78. The summed E-state index contributed by atoms with van der Waals surface area (Å²) in [4.78, 5) is 24.1. The van der Waals surface area contributed by atoms with Crippen LogP contribution in [0.4, 0.5) is 4.39 Å². The summed E-state index contributed by atoms with van der Waals surface area (Å²) in [6, 6.07) is 8.86. The van der Waals surface area contributed by atoms with Crippen LogP contribution in [0.3, 0.4) is 0 Å². The molecular weight excluding hydrogens is 365 g/mol. The van der Waals surface area contributed by atoms with Crippen LogP contribution in [0.15, 0.2) is 36.4 Å². The van der Waals surface area contributed by atoms with E-state index in [1.807, 2.05) is 0 Å². The Morgan fingerprint density at radius 3 is 2.77 bits per heavy atom. The Kier molecular flexibility index (Phi) is 5.27. The topological polar surface area (TPSA) is 73.9 Å². The first-order valence-corrected chi connectivity index (χ1v) is 8.14. The Bertz CT molecular complexity index is 857. The summed E-state index contributed by atoms with van der Waals surface area (Å²) in [7, 11) is 0. The average molecular weight is 380 g/mol. The van der Waals surface area contributed by atoms with Crippen molar-refractivity contribution in [2.24, 2.45) is 0 Å². The highest BCUT2D eigenvalue weighted by molar-refractivity contribution is 6.30. The average Bonchev–Trinajstić information content (AvgIpc) is 3.07. The molecule has 0 aliphatic carbocycles. The smallest absolute Gasteiger partial charge is 0.341 e. The fraction of sp³-hybridized carbons (Fsp3) is 0.222. The number of carbonyl (C=O) groups is 2. The van der Waals surface area contributed by atoms with Gasteiger partial charge in [-0.25, -0.2) is 9.18 Å². The normalized spacial score (nSPS) is 13.2. The van der Waals surface area contributed by atoms with Crippen LogP contribution < -0.4 is 14.8 Å². The molecule has 0 bridgehead atoms. The molecule has 1 aliphatic heterocycles. The number of fused-ring (bicyclic) bond motifs is 1. The number of rotatable bonds is 5. The first-order chi connectivity index (χ1) is 12.4. The van der Waals surface area contributed by atoms with Gasteiger partial charge in [0.25, 0.3) is 5.91 Å². The van der Waals surface area contributed by atoms with Crippen molar-refractivity contribution in [2.75, 3.05) is 6.79 Å². The van der Waals surface area contributed by atoms with Gasteiger partial charge in [-0.05, 0) is 42.8 Å². The van der Waals surface area contributed by atoms with E-state index in [0.717, 1.165) is 11.6 Å². The van der Waals surface area contributed by atoms with Crippen LogP contribution in [0.2, 0.25) is 5.02 Å². The van der Waals surface area contributed by atoms with E-state index in [2.05, 4.69) is 5.32 Å². The highest BCUT2D eigenvalue weighted by Gasteiger charge is 2.21. The number of hydrogen-bond donors (Lipinski definition) is 1. The number of amides is 1. The summed E-state index contributed by atoms with van der Waals surface area (Å²) in [6.07, 6.45) is -1.09. The predicted molar refractivity (Wildman–Crippen MR) is 90.7 cm³/mol. The van der Waals surface area contributed by atoms with Crippen molar-refractivity contribution in [2.45, 2.75) is 19.6 Å². The van der Waals surface area contributed by atoms with Crippen molar-refractivity contribution in [1.29, 1.82) is 0 Å². The van der Waals surface area contributed by atoms with Crippen LogP contribution >= 0.6 is 11.6 Å². The fourth-order valence-electron chi connectivity index (χ4n) is 2.32. The van der Waals surface area contributed by atoms with Crippen molar-refractivity contribution >= 4 is 23.5 Å². The summed E-state index contributed by atoms with van der Waals surface area (Å²) in [5.41, 5.74) is 0.509. The minimum atomic E-state index is -1.09. The number of ether oxygens (including phenoxy) is 3. The van der Waals surface area contributed by atoms with Gasteiger partial charge in [-0.2, -0.15) is 0 Å². The molecule has 1 N–H and O–H groups in total. The molecule has 8 heteroatoms. The van der Waals surface area contributed by atoms with Gasteiger partial charge in [0.1, 0.15) is 5.82 Å².